The molecule has 4 heteroatoms. The molecule has 1 aliphatic rings. The Balaban J connectivity index is 2.04. The van der Waals surface area contributed by atoms with Crippen LogP contribution >= 0.6 is 11.6 Å². The molecule has 0 aromatic carbocycles. The maximum atomic E-state index is 6.21. The highest BCUT2D eigenvalue weighted by Gasteiger charge is 2.21. The van der Waals surface area contributed by atoms with Crippen LogP contribution in [0.1, 0.15) is 57.3 Å². The minimum absolute atomic E-state index is 0.586. The van der Waals surface area contributed by atoms with E-state index in [2.05, 4.69) is 29.1 Å². The van der Waals surface area contributed by atoms with E-state index in [1.165, 1.54) is 25.7 Å². The molecule has 0 radical (unpaired) electrons. The second kappa shape index (κ2) is 7.26. The predicted octanol–water partition coefficient (Wildman–Crippen LogP) is 4.63. The Kier molecular flexibility index (Phi) is 5.64. The van der Waals surface area contributed by atoms with Crippen LogP contribution in [-0.2, 0) is 6.42 Å². The summed E-state index contributed by atoms with van der Waals surface area (Å²) >= 11 is 6.21. The number of rotatable bonds is 5. The van der Waals surface area contributed by atoms with Gasteiger partial charge in [0.1, 0.15) is 16.8 Å². The number of hydrogen-bond donors (Lipinski definition) is 1. The van der Waals surface area contributed by atoms with Gasteiger partial charge < -0.3 is 5.32 Å². The fourth-order valence-corrected chi connectivity index (χ4v) is 3.15. The first-order chi connectivity index (χ1) is 9.61. The molecule has 0 bridgehead atoms. The van der Waals surface area contributed by atoms with Gasteiger partial charge in [-0.2, -0.15) is 0 Å². The second-order valence-electron chi connectivity index (χ2n) is 6.06. The maximum absolute atomic E-state index is 6.21. The van der Waals surface area contributed by atoms with Crippen LogP contribution in [0.2, 0.25) is 5.15 Å². The largest absolute Gasteiger partial charge is 0.369 e. The number of nitrogens with one attached hydrogen (secondary N) is 1. The van der Waals surface area contributed by atoms with Crippen molar-refractivity contribution in [1.82, 2.24) is 9.97 Å². The van der Waals surface area contributed by atoms with Gasteiger partial charge in [-0.25, -0.2) is 9.97 Å². The van der Waals surface area contributed by atoms with Crippen molar-refractivity contribution in [2.45, 2.75) is 59.3 Å². The first-order valence-electron chi connectivity index (χ1n) is 7.88. The average Bonchev–Trinajstić information content (AvgIpc) is 2.43. The van der Waals surface area contributed by atoms with Crippen molar-refractivity contribution in [3.8, 4) is 0 Å². The van der Waals surface area contributed by atoms with Gasteiger partial charge in [0.25, 0.3) is 0 Å². The molecular formula is C16H26ClN3. The molecule has 0 spiro atoms. The number of anilines is 1. The molecule has 0 aliphatic heterocycles. The summed E-state index contributed by atoms with van der Waals surface area (Å²) in [7, 11) is 0. The van der Waals surface area contributed by atoms with E-state index in [0.717, 1.165) is 48.4 Å². The van der Waals surface area contributed by atoms with Gasteiger partial charge in [-0.15, -0.1) is 0 Å². The molecule has 20 heavy (non-hydrogen) atoms. The Morgan fingerprint density at radius 1 is 1.25 bits per heavy atom. The first kappa shape index (κ1) is 15.6. The lowest BCUT2D eigenvalue weighted by Gasteiger charge is -2.29. The van der Waals surface area contributed by atoms with Crippen LogP contribution in [0, 0.1) is 18.8 Å². The summed E-state index contributed by atoms with van der Waals surface area (Å²) in [6.45, 7) is 7.49. The Labute approximate surface area is 127 Å². The monoisotopic (exact) mass is 295 g/mol. The smallest absolute Gasteiger partial charge is 0.137 e. The molecule has 1 heterocycles. The third kappa shape index (κ3) is 3.85. The van der Waals surface area contributed by atoms with E-state index in [9.17, 15) is 0 Å². The predicted molar refractivity (Wildman–Crippen MR) is 85.4 cm³/mol. The van der Waals surface area contributed by atoms with Crippen LogP contribution in [0.3, 0.4) is 0 Å². The lowest BCUT2D eigenvalue weighted by molar-refractivity contribution is 0.268. The van der Waals surface area contributed by atoms with E-state index < -0.39 is 0 Å². The van der Waals surface area contributed by atoms with Gasteiger partial charge in [-0.3, -0.25) is 0 Å². The average molecular weight is 296 g/mol. The standard InChI is InChI=1S/C16H26ClN3/c1-4-7-14-19-15(17)12(3)16(20-14)18-10-13-9-6-5-8-11(13)2/h11,13H,4-10H2,1-3H3,(H,18,19,20). The van der Waals surface area contributed by atoms with Gasteiger partial charge in [0.05, 0.1) is 0 Å². The molecule has 1 saturated carbocycles. The molecule has 2 rings (SSSR count). The number of halogens is 1. The van der Waals surface area contributed by atoms with E-state index in [1.807, 2.05) is 6.92 Å². The molecule has 1 N–H and O–H groups in total. The Morgan fingerprint density at radius 2 is 2.00 bits per heavy atom. The summed E-state index contributed by atoms with van der Waals surface area (Å²) in [6.07, 6.45) is 7.36. The highest BCUT2D eigenvalue weighted by molar-refractivity contribution is 6.30. The van der Waals surface area contributed by atoms with Crippen LogP contribution in [0.15, 0.2) is 0 Å². The van der Waals surface area contributed by atoms with Crippen molar-refractivity contribution >= 4 is 17.4 Å². The van der Waals surface area contributed by atoms with Gasteiger partial charge in [-0.1, -0.05) is 44.7 Å². The molecule has 0 amide bonds. The SMILES string of the molecule is CCCc1nc(Cl)c(C)c(NCC2CCCCC2C)n1. The van der Waals surface area contributed by atoms with Gasteiger partial charge in [0.15, 0.2) is 0 Å². The molecule has 112 valence electrons. The molecule has 0 saturated heterocycles. The molecule has 1 aromatic rings. The number of hydrogen-bond acceptors (Lipinski definition) is 3. The fraction of sp³-hybridized carbons (Fsp3) is 0.750. The van der Waals surface area contributed by atoms with Gasteiger partial charge in [-0.05, 0) is 31.6 Å². The van der Waals surface area contributed by atoms with Crippen LogP contribution < -0.4 is 5.32 Å². The minimum atomic E-state index is 0.586. The number of aromatic nitrogens is 2. The van der Waals surface area contributed by atoms with Gasteiger partial charge in [0, 0.05) is 18.5 Å². The van der Waals surface area contributed by atoms with E-state index in [-0.39, 0.29) is 0 Å². The third-order valence-electron chi connectivity index (χ3n) is 4.43. The van der Waals surface area contributed by atoms with E-state index in [0.29, 0.717) is 5.15 Å². The van der Waals surface area contributed by atoms with E-state index >= 15 is 0 Å². The van der Waals surface area contributed by atoms with Crippen molar-refractivity contribution < 1.29 is 0 Å². The zero-order valence-electron chi connectivity index (χ0n) is 12.9. The van der Waals surface area contributed by atoms with Crippen LogP contribution in [0.25, 0.3) is 0 Å². The summed E-state index contributed by atoms with van der Waals surface area (Å²) in [5.41, 5.74) is 0.968. The molecule has 1 fully saturated rings. The second-order valence-corrected chi connectivity index (χ2v) is 6.41. The summed E-state index contributed by atoms with van der Waals surface area (Å²) in [6, 6.07) is 0. The van der Waals surface area contributed by atoms with Crippen molar-refractivity contribution in [3.05, 3.63) is 16.5 Å². The molecule has 2 unspecified atom stereocenters. The van der Waals surface area contributed by atoms with Crippen molar-refractivity contribution in [2.75, 3.05) is 11.9 Å². The number of aryl methyl sites for hydroxylation is 1. The lowest BCUT2D eigenvalue weighted by atomic mass is 9.80. The molecule has 3 nitrogen and oxygen atoms in total. The lowest BCUT2D eigenvalue weighted by Crippen LogP contribution is -2.25. The van der Waals surface area contributed by atoms with Gasteiger partial charge in [0.2, 0.25) is 0 Å². The maximum Gasteiger partial charge on any atom is 0.137 e. The molecular weight excluding hydrogens is 270 g/mol. The van der Waals surface area contributed by atoms with Crippen LogP contribution in [0.5, 0.6) is 0 Å². The fourth-order valence-electron chi connectivity index (χ4n) is 2.96. The highest BCUT2D eigenvalue weighted by atomic mass is 35.5. The first-order valence-corrected chi connectivity index (χ1v) is 8.26. The molecule has 2 atom stereocenters. The topological polar surface area (TPSA) is 37.8 Å². The van der Waals surface area contributed by atoms with Gasteiger partial charge >= 0.3 is 0 Å². The Morgan fingerprint density at radius 3 is 2.70 bits per heavy atom. The number of nitrogens with zero attached hydrogens (tertiary/aromatic N) is 2. The summed E-state index contributed by atoms with van der Waals surface area (Å²) in [4.78, 5) is 8.97. The molecule has 1 aromatic heterocycles. The van der Waals surface area contributed by atoms with Crippen molar-refractivity contribution in [2.24, 2.45) is 11.8 Å². The summed E-state index contributed by atoms with van der Waals surface area (Å²) in [5, 5.41) is 4.10. The zero-order chi connectivity index (χ0) is 14.5. The van der Waals surface area contributed by atoms with E-state index in [4.69, 9.17) is 11.6 Å². The van der Waals surface area contributed by atoms with E-state index in [1.54, 1.807) is 0 Å². The summed E-state index contributed by atoms with van der Waals surface area (Å²) in [5.74, 6) is 3.34. The van der Waals surface area contributed by atoms with Crippen molar-refractivity contribution in [1.29, 1.82) is 0 Å². The highest BCUT2D eigenvalue weighted by Crippen LogP contribution is 2.30. The van der Waals surface area contributed by atoms with Crippen molar-refractivity contribution in [3.63, 3.8) is 0 Å². The Hall–Kier alpha value is -0.830. The normalized spacial score (nSPS) is 22.8. The van der Waals surface area contributed by atoms with Crippen LogP contribution in [0.4, 0.5) is 5.82 Å². The molecule has 1 aliphatic carbocycles. The third-order valence-corrected chi connectivity index (χ3v) is 4.80. The summed E-state index contributed by atoms with van der Waals surface area (Å²) < 4.78 is 0. The quantitative estimate of drug-likeness (QED) is 0.805. The minimum Gasteiger partial charge on any atom is -0.369 e. The Bertz CT molecular complexity index is 448. The zero-order valence-corrected chi connectivity index (χ0v) is 13.6. The van der Waals surface area contributed by atoms with Crippen LogP contribution in [-0.4, -0.2) is 16.5 Å².